The van der Waals surface area contributed by atoms with Crippen LogP contribution in [-0.2, 0) is 6.54 Å². The summed E-state index contributed by atoms with van der Waals surface area (Å²) in [5, 5.41) is 11.0. The molecule has 5 N–H and O–H groups in total. The average Bonchev–Trinajstić information content (AvgIpc) is 2.48. The quantitative estimate of drug-likeness (QED) is 0.533. The number of pyridine rings is 1. The molecular formula is C15H20N4O. The topological polar surface area (TPSA) is 88.4 Å². The highest BCUT2D eigenvalue weighted by Crippen LogP contribution is 2.17. The minimum atomic E-state index is -0.590. The zero-order chi connectivity index (χ0) is 14.4. The first-order valence-electron chi connectivity index (χ1n) is 6.57. The Bertz CT molecular complexity index is 515. The number of benzene rings is 1. The van der Waals surface area contributed by atoms with Crippen LogP contribution in [0.4, 0.5) is 0 Å². The molecule has 1 atom stereocenters. The molecule has 1 heterocycles. The molecular weight excluding hydrogens is 252 g/mol. The van der Waals surface area contributed by atoms with Gasteiger partial charge in [0.1, 0.15) is 0 Å². The van der Waals surface area contributed by atoms with E-state index in [4.69, 9.17) is 11.6 Å². The molecule has 0 radical (unpaired) electrons. The number of aromatic nitrogens is 1. The summed E-state index contributed by atoms with van der Waals surface area (Å²) in [6.45, 7) is 1.14. The van der Waals surface area contributed by atoms with E-state index in [0.29, 0.717) is 13.1 Å². The molecule has 0 fully saturated rings. The van der Waals surface area contributed by atoms with E-state index in [9.17, 15) is 5.11 Å². The van der Waals surface area contributed by atoms with Crippen molar-refractivity contribution in [3.05, 3.63) is 54.2 Å². The fraction of sp³-hybridized carbons (Fsp3) is 0.267. The van der Waals surface area contributed by atoms with Crippen molar-refractivity contribution in [3.8, 4) is 11.3 Å². The largest absolute Gasteiger partial charge is 0.390 e. The highest BCUT2D eigenvalue weighted by Gasteiger charge is 2.07. The fourth-order valence-corrected chi connectivity index (χ4v) is 1.96. The molecule has 0 aliphatic heterocycles. The van der Waals surface area contributed by atoms with E-state index in [1.54, 1.807) is 11.2 Å². The summed E-state index contributed by atoms with van der Waals surface area (Å²) < 4.78 is 0. The summed E-state index contributed by atoms with van der Waals surface area (Å²) in [6, 6.07) is 13.9. The first-order chi connectivity index (χ1) is 9.69. The van der Waals surface area contributed by atoms with Crippen LogP contribution in [0.1, 0.15) is 5.56 Å². The lowest BCUT2D eigenvalue weighted by atomic mass is 10.1. The molecule has 0 amide bonds. The number of nitrogens with zero attached hydrogens (tertiary/aromatic N) is 2. The normalized spacial score (nSPS) is 12.6. The van der Waals surface area contributed by atoms with Crippen molar-refractivity contribution < 1.29 is 5.11 Å². The maximum Gasteiger partial charge on any atom is 0.0803 e. The van der Waals surface area contributed by atoms with Crippen molar-refractivity contribution in [1.82, 2.24) is 9.99 Å². The van der Waals surface area contributed by atoms with Crippen LogP contribution in [0.25, 0.3) is 11.3 Å². The molecule has 20 heavy (non-hydrogen) atoms. The Morgan fingerprint density at radius 1 is 1.15 bits per heavy atom. The van der Waals surface area contributed by atoms with E-state index in [1.807, 2.05) is 42.5 Å². The Morgan fingerprint density at radius 2 is 1.90 bits per heavy atom. The van der Waals surface area contributed by atoms with E-state index in [2.05, 4.69) is 4.98 Å². The molecule has 1 aromatic heterocycles. The number of hydrogen-bond donors (Lipinski definition) is 3. The molecule has 106 valence electrons. The number of hydrazine groups is 1. The lowest BCUT2D eigenvalue weighted by Crippen LogP contribution is -2.40. The van der Waals surface area contributed by atoms with Crippen molar-refractivity contribution in [2.75, 3.05) is 13.1 Å². The summed E-state index contributed by atoms with van der Waals surface area (Å²) in [5.41, 5.74) is 8.45. The monoisotopic (exact) mass is 272 g/mol. The van der Waals surface area contributed by atoms with E-state index in [0.717, 1.165) is 16.8 Å². The van der Waals surface area contributed by atoms with Crippen LogP contribution >= 0.6 is 0 Å². The van der Waals surface area contributed by atoms with Gasteiger partial charge in [0.2, 0.25) is 0 Å². The van der Waals surface area contributed by atoms with Gasteiger partial charge < -0.3 is 10.8 Å². The average molecular weight is 272 g/mol. The van der Waals surface area contributed by atoms with Crippen molar-refractivity contribution in [2.24, 2.45) is 11.6 Å². The number of hydrogen-bond acceptors (Lipinski definition) is 5. The van der Waals surface area contributed by atoms with Gasteiger partial charge in [-0.1, -0.05) is 30.3 Å². The smallest absolute Gasteiger partial charge is 0.0803 e. The van der Waals surface area contributed by atoms with Gasteiger partial charge in [-0.2, -0.15) is 0 Å². The van der Waals surface area contributed by atoms with Crippen LogP contribution < -0.4 is 11.6 Å². The molecule has 1 aromatic carbocycles. The molecule has 2 aromatic rings. The molecule has 5 heteroatoms. The Labute approximate surface area is 118 Å². The second kappa shape index (κ2) is 7.12. The third-order valence-electron chi connectivity index (χ3n) is 3.02. The maximum absolute atomic E-state index is 9.44. The van der Waals surface area contributed by atoms with Crippen LogP contribution in [0.15, 0.2) is 48.7 Å². The summed E-state index contributed by atoms with van der Waals surface area (Å²) in [6.07, 6.45) is 1.19. The Balaban J connectivity index is 1.98. The molecule has 0 aliphatic carbocycles. The minimum absolute atomic E-state index is 0.215. The van der Waals surface area contributed by atoms with Crippen LogP contribution in [0.5, 0.6) is 0 Å². The highest BCUT2D eigenvalue weighted by molar-refractivity contribution is 5.58. The third kappa shape index (κ3) is 4.11. The lowest BCUT2D eigenvalue weighted by Gasteiger charge is -2.19. The van der Waals surface area contributed by atoms with Gasteiger partial charge in [-0.05, 0) is 17.7 Å². The van der Waals surface area contributed by atoms with Crippen molar-refractivity contribution in [3.63, 3.8) is 0 Å². The summed E-state index contributed by atoms with van der Waals surface area (Å²) in [4.78, 5) is 4.31. The SMILES string of the molecule is NC[C@@H](O)CN(N)Cc1ccc(-c2ccccn2)cc1. The van der Waals surface area contributed by atoms with Gasteiger partial charge in [0, 0.05) is 31.4 Å². The zero-order valence-corrected chi connectivity index (χ0v) is 11.3. The van der Waals surface area contributed by atoms with Crippen molar-refractivity contribution >= 4 is 0 Å². The number of aliphatic hydroxyl groups is 1. The maximum atomic E-state index is 9.44. The zero-order valence-electron chi connectivity index (χ0n) is 11.3. The van der Waals surface area contributed by atoms with E-state index < -0.39 is 6.10 Å². The lowest BCUT2D eigenvalue weighted by molar-refractivity contribution is 0.115. The van der Waals surface area contributed by atoms with Gasteiger partial charge in [-0.15, -0.1) is 0 Å². The third-order valence-corrected chi connectivity index (χ3v) is 3.02. The molecule has 0 saturated carbocycles. The molecule has 0 unspecified atom stereocenters. The second-order valence-corrected chi connectivity index (χ2v) is 4.73. The fourth-order valence-electron chi connectivity index (χ4n) is 1.96. The van der Waals surface area contributed by atoms with Crippen LogP contribution in [0.2, 0.25) is 0 Å². The number of aliphatic hydroxyl groups excluding tert-OH is 1. The van der Waals surface area contributed by atoms with Gasteiger partial charge in [0.05, 0.1) is 11.8 Å². The van der Waals surface area contributed by atoms with Crippen LogP contribution in [-0.4, -0.2) is 34.3 Å². The first kappa shape index (κ1) is 14.6. The minimum Gasteiger partial charge on any atom is -0.390 e. The molecule has 0 saturated heterocycles. The van der Waals surface area contributed by atoms with Gasteiger partial charge >= 0.3 is 0 Å². The predicted molar refractivity (Wildman–Crippen MR) is 79.3 cm³/mol. The van der Waals surface area contributed by atoms with E-state index >= 15 is 0 Å². The predicted octanol–water partition coefficient (Wildman–Crippen LogP) is 0.744. The molecule has 5 nitrogen and oxygen atoms in total. The van der Waals surface area contributed by atoms with Gasteiger partial charge in [0.25, 0.3) is 0 Å². The van der Waals surface area contributed by atoms with Gasteiger partial charge in [-0.25, -0.2) is 5.01 Å². The molecule has 0 spiro atoms. The summed E-state index contributed by atoms with van der Waals surface area (Å²) in [5.74, 6) is 5.84. The van der Waals surface area contributed by atoms with Gasteiger partial charge in [0.15, 0.2) is 0 Å². The highest BCUT2D eigenvalue weighted by atomic mass is 16.3. The summed E-state index contributed by atoms with van der Waals surface area (Å²) >= 11 is 0. The second-order valence-electron chi connectivity index (χ2n) is 4.73. The Hall–Kier alpha value is -1.79. The summed E-state index contributed by atoms with van der Waals surface area (Å²) in [7, 11) is 0. The Kier molecular flexibility index (Phi) is 5.20. The van der Waals surface area contributed by atoms with Gasteiger partial charge in [-0.3, -0.25) is 10.8 Å². The Morgan fingerprint density at radius 3 is 2.50 bits per heavy atom. The van der Waals surface area contributed by atoms with Crippen molar-refractivity contribution in [1.29, 1.82) is 0 Å². The van der Waals surface area contributed by atoms with Crippen LogP contribution in [0.3, 0.4) is 0 Å². The molecule has 0 bridgehead atoms. The van der Waals surface area contributed by atoms with E-state index in [1.165, 1.54) is 0 Å². The standard InChI is InChI=1S/C15H20N4O/c16-9-14(20)11-19(17)10-12-4-6-13(7-5-12)15-3-1-2-8-18-15/h1-8,14,20H,9-11,16-17H2/t14-/m1/s1. The first-order valence-corrected chi connectivity index (χ1v) is 6.57. The molecule has 0 aliphatic rings. The molecule has 2 rings (SSSR count). The number of rotatable bonds is 6. The van der Waals surface area contributed by atoms with E-state index in [-0.39, 0.29) is 6.54 Å². The number of nitrogens with two attached hydrogens (primary N) is 2. The van der Waals surface area contributed by atoms with Crippen LogP contribution in [0, 0.1) is 0 Å². The van der Waals surface area contributed by atoms with Crippen molar-refractivity contribution in [2.45, 2.75) is 12.6 Å².